The fourth-order valence-electron chi connectivity index (χ4n) is 4.58. The summed E-state index contributed by atoms with van der Waals surface area (Å²) in [5.74, 6) is -0.252. The first kappa shape index (κ1) is 23.7. The van der Waals surface area contributed by atoms with E-state index in [0.717, 1.165) is 41.4 Å². The average Bonchev–Trinajstić information content (AvgIpc) is 3.00. The lowest BCUT2D eigenvalue weighted by molar-refractivity contribution is -0.123. The minimum absolute atomic E-state index is 0.0502. The largest absolute Gasteiger partial charge is 0.362 e. The van der Waals surface area contributed by atoms with E-state index < -0.39 is 0 Å². The van der Waals surface area contributed by atoms with Crippen LogP contribution in [0.5, 0.6) is 0 Å². The van der Waals surface area contributed by atoms with Crippen molar-refractivity contribution in [2.24, 2.45) is 0 Å². The highest BCUT2D eigenvalue weighted by atomic mass is 35.5. The van der Waals surface area contributed by atoms with E-state index in [1.54, 1.807) is 12.1 Å². The minimum Gasteiger partial charge on any atom is -0.362 e. The number of allylic oxidation sites excluding steroid dienone is 1. The fourth-order valence-corrected chi connectivity index (χ4v) is 5.54. The van der Waals surface area contributed by atoms with Gasteiger partial charge in [0.15, 0.2) is 0 Å². The number of anilines is 1. The van der Waals surface area contributed by atoms with Crippen molar-refractivity contribution >= 4 is 51.8 Å². The second-order valence-electron chi connectivity index (χ2n) is 9.25. The van der Waals surface area contributed by atoms with Crippen LogP contribution < -0.4 is 4.90 Å². The Bertz CT molecular complexity index is 1180. The molecule has 0 aromatic heterocycles. The highest BCUT2D eigenvalue weighted by molar-refractivity contribution is 8.18. The molecule has 4 rings (SSSR count). The predicted octanol–water partition coefficient (Wildman–Crippen LogP) is 7.30. The highest BCUT2D eigenvalue weighted by Gasteiger charge is 2.35. The molecular weight excluding hydrogens is 452 g/mol. The molecule has 172 valence electrons. The molecule has 2 aliphatic heterocycles. The molecule has 0 N–H and O–H groups in total. The molecule has 0 spiro atoms. The first-order chi connectivity index (χ1) is 15.6. The summed E-state index contributed by atoms with van der Waals surface area (Å²) in [5.41, 5.74) is 6.51. The summed E-state index contributed by atoms with van der Waals surface area (Å²) >= 11 is 6.95. The zero-order chi connectivity index (χ0) is 23.9. The molecule has 2 aliphatic rings. The van der Waals surface area contributed by atoms with E-state index in [9.17, 15) is 9.59 Å². The molecule has 2 heterocycles. The molecule has 0 radical (unpaired) electrons. The maximum Gasteiger partial charge on any atom is 0.293 e. The molecule has 1 saturated heterocycles. The van der Waals surface area contributed by atoms with Crippen molar-refractivity contribution in [2.75, 3.05) is 11.4 Å². The van der Waals surface area contributed by atoms with E-state index in [4.69, 9.17) is 11.6 Å². The lowest BCUT2D eigenvalue weighted by Crippen LogP contribution is -2.45. The van der Waals surface area contributed by atoms with Crippen molar-refractivity contribution in [1.82, 2.24) is 4.90 Å². The topological polar surface area (TPSA) is 40.6 Å². The van der Waals surface area contributed by atoms with Crippen molar-refractivity contribution in [2.45, 2.75) is 53.1 Å². The standard InChI is InChI=1S/C27H29ClN2O2S/c1-6-11-30-23-12-17(2)20(13-22(23)18(3)15-27(30,4)5)14-24-25(31)29(26(32)33-24)16-19-7-9-21(28)10-8-19/h7-10,12-15H,6,11,16H2,1-5H3/b24-14+. The highest BCUT2D eigenvalue weighted by Crippen LogP contribution is 2.41. The number of carbonyl (C=O) groups excluding carboxylic acids is 2. The summed E-state index contributed by atoms with van der Waals surface area (Å²) in [6.45, 7) is 12.1. The molecule has 2 aromatic carbocycles. The normalized spacial score (nSPS) is 18.7. The van der Waals surface area contributed by atoms with Gasteiger partial charge in [-0.15, -0.1) is 0 Å². The maximum atomic E-state index is 13.0. The van der Waals surface area contributed by atoms with Gasteiger partial charge in [-0.25, -0.2) is 0 Å². The number of amides is 2. The summed E-state index contributed by atoms with van der Waals surface area (Å²) in [6, 6.07) is 11.6. The summed E-state index contributed by atoms with van der Waals surface area (Å²) in [4.78, 5) is 29.9. The molecule has 2 aromatic rings. The van der Waals surface area contributed by atoms with Gasteiger partial charge in [0.2, 0.25) is 0 Å². The first-order valence-corrected chi connectivity index (χ1v) is 12.4. The van der Waals surface area contributed by atoms with Crippen molar-refractivity contribution < 1.29 is 9.59 Å². The van der Waals surface area contributed by atoms with Crippen molar-refractivity contribution in [3.05, 3.63) is 74.7 Å². The smallest absolute Gasteiger partial charge is 0.293 e. The third-order valence-electron chi connectivity index (χ3n) is 6.23. The van der Waals surface area contributed by atoms with Crippen LogP contribution >= 0.6 is 23.4 Å². The third-order valence-corrected chi connectivity index (χ3v) is 7.39. The Balaban J connectivity index is 1.66. The Kier molecular flexibility index (Phi) is 6.47. The summed E-state index contributed by atoms with van der Waals surface area (Å²) in [7, 11) is 0. The summed E-state index contributed by atoms with van der Waals surface area (Å²) < 4.78 is 0. The van der Waals surface area contributed by atoms with E-state index in [-0.39, 0.29) is 23.2 Å². The fraction of sp³-hybridized carbons (Fsp3) is 0.333. The number of rotatable bonds is 5. The van der Waals surface area contributed by atoms with Gasteiger partial charge in [0.25, 0.3) is 11.1 Å². The van der Waals surface area contributed by atoms with Gasteiger partial charge < -0.3 is 4.90 Å². The molecule has 1 fully saturated rings. The Hall–Kier alpha value is -2.50. The van der Waals surface area contributed by atoms with Crippen LogP contribution in [0, 0.1) is 6.92 Å². The number of hydrogen-bond acceptors (Lipinski definition) is 4. The number of carbonyl (C=O) groups is 2. The number of thioether (sulfide) groups is 1. The molecule has 6 heteroatoms. The summed E-state index contributed by atoms with van der Waals surface area (Å²) in [6.07, 6.45) is 5.24. The van der Waals surface area contributed by atoms with Crippen LogP contribution in [-0.2, 0) is 11.3 Å². The van der Waals surface area contributed by atoms with Gasteiger partial charge in [-0.3, -0.25) is 14.5 Å². The van der Waals surface area contributed by atoms with Gasteiger partial charge in [-0.2, -0.15) is 0 Å². The zero-order valence-electron chi connectivity index (χ0n) is 19.7. The lowest BCUT2D eigenvalue weighted by atomic mass is 9.86. The van der Waals surface area contributed by atoms with Gasteiger partial charge in [-0.05, 0) is 98.5 Å². The molecule has 0 unspecified atom stereocenters. The van der Waals surface area contributed by atoms with E-state index in [0.29, 0.717) is 9.93 Å². The van der Waals surface area contributed by atoms with E-state index >= 15 is 0 Å². The second kappa shape index (κ2) is 9.03. The van der Waals surface area contributed by atoms with Crippen LogP contribution in [0.25, 0.3) is 11.6 Å². The van der Waals surface area contributed by atoms with Crippen LogP contribution in [0.1, 0.15) is 56.4 Å². The SMILES string of the molecule is CCCN1c2cc(C)c(/C=C3/SC(=O)N(Cc4ccc(Cl)cc4)C3=O)cc2C(C)=CC1(C)C. The van der Waals surface area contributed by atoms with Gasteiger partial charge in [0.05, 0.1) is 17.0 Å². The number of aryl methyl sites for hydroxylation is 1. The van der Waals surface area contributed by atoms with Gasteiger partial charge in [0, 0.05) is 22.8 Å². The van der Waals surface area contributed by atoms with Gasteiger partial charge in [0.1, 0.15) is 0 Å². The van der Waals surface area contributed by atoms with Crippen molar-refractivity contribution in [3.8, 4) is 0 Å². The zero-order valence-corrected chi connectivity index (χ0v) is 21.3. The number of nitrogens with zero attached hydrogens (tertiary/aromatic N) is 2. The number of benzene rings is 2. The molecule has 0 bridgehead atoms. The predicted molar refractivity (Wildman–Crippen MR) is 140 cm³/mol. The van der Waals surface area contributed by atoms with Crippen LogP contribution in [0.15, 0.2) is 47.4 Å². The molecule has 0 saturated carbocycles. The van der Waals surface area contributed by atoms with Crippen LogP contribution in [0.3, 0.4) is 0 Å². The monoisotopic (exact) mass is 480 g/mol. The molecule has 33 heavy (non-hydrogen) atoms. The molecule has 0 aliphatic carbocycles. The van der Waals surface area contributed by atoms with Crippen LogP contribution in [0.4, 0.5) is 10.5 Å². The second-order valence-corrected chi connectivity index (χ2v) is 10.7. The average molecular weight is 481 g/mol. The Labute approximate surface area is 205 Å². The Morgan fingerprint density at radius 1 is 1.09 bits per heavy atom. The van der Waals surface area contributed by atoms with Gasteiger partial charge in [-0.1, -0.05) is 36.7 Å². The first-order valence-electron chi connectivity index (χ1n) is 11.2. The Morgan fingerprint density at radius 3 is 2.45 bits per heavy atom. The maximum absolute atomic E-state index is 13.0. The van der Waals surface area contributed by atoms with E-state index in [2.05, 4.69) is 57.7 Å². The number of fused-ring (bicyclic) bond motifs is 1. The molecule has 0 atom stereocenters. The number of imide groups is 1. The van der Waals surface area contributed by atoms with Crippen LogP contribution in [0.2, 0.25) is 5.02 Å². The van der Waals surface area contributed by atoms with E-state index in [1.807, 2.05) is 18.2 Å². The van der Waals surface area contributed by atoms with Crippen LogP contribution in [-0.4, -0.2) is 28.1 Å². The molecule has 2 amide bonds. The van der Waals surface area contributed by atoms with Gasteiger partial charge >= 0.3 is 0 Å². The quantitative estimate of drug-likeness (QED) is 0.421. The summed E-state index contributed by atoms with van der Waals surface area (Å²) in [5, 5.41) is 0.379. The third kappa shape index (κ3) is 4.62. The van der Waals surface area contributed by atoms with E-state index in [1.165, 1.54) is 21.7 Å². The Morgan fingerprint density at radius 2 is 1.79 bits per heavy atom. The molecule has 4 nitrogen and oxygen atoms in total. The van der Waals surface area contributed by atoms with Crippen molar-refractivity contribution in [1.29, 1.82) is 0 Å². The number of hydrogen-bond donors (Lipinski definition) is 0. The number of halogens is 1. The minimum atomic E-state index is -0.252. The van der Waals surface area contributed by atoms with Crippen molar-refractivity contribution in [3.63, 3.8) is 0 Å². The lowest BCUT2D eigenvalue weighted by Gasteiger charge is -2.43. The molecular formula is C27H29ClN2O2S.